The largest absolute Gasteiger partial charge is 0.108 e. The fraction of sp³-hybridized carbons (Fsp3) is 1.00. The Labute approximate surface area is 56.4 Å². The first-order chi connectivity index (χ1) is 2.94. The molecule has 47 valence electrons. The van der Waals surface area contributed by atoms with Crippen LogP contribution >= 0.6 is 7.92 Å². The van der Waals surface area contributed by atoms with E-state index in [9.17, 15) is 0 Å². The first-order valence-corrected chi connectivity index (χ1v) is 4.85. The molecule has 8 heavy (non-hydrogen) atoms. The Kier molecular flexibility index (Phi) is 4.96. The topological polar surface area (TPSA) is 0 Å². The van der Waals surface area contributed by atoms with Gasteiger partial charge < -0.3 is 0 Å². The molecule has 0 aliphatic rings. The van der Waals surface area contributed by atoms with E-state index < -0.39 is 0 Å². The van der Waals surface area contributed by atoms with Gasteiger partial charge in [-0.1, -0.05) is 20.8 Å². The normalized spacial score (nSPS) is 11.2. The van der Waals surface area contributed by atoms with Crippen molar-refractivity contribution >= 4 is 16.3 Å². The van der Waals surface area contributed by atoms with Crippen LogP contribution in [-0.4, -0.2) is 26.9 Å². The Morgan fingerprint density at radius 3 is 1.12 bits per heavy atom. The van der Waals surface area contributed by atoms with Crippen molar-refractivity contribution in [1.29, 1.82) is 0 Å². The van der Waals surface area contributed by atoms with Crippen molar-refractivity contribution in [3.05, 3.63) is 0 Å². The lowest BCUT2D eigenvalue weighted by Crippen LogP contribution is -2.08. The highest BCUT2D eigenvalue weighted by Crippen LogP contribution is 2.41. The van der Waals surface area contributed by atoms with Gasteiger partial charge in [-0.25, -0.2) is 0 Å². The third-order valence-corrected chi connectivity index (χ3v) is 4.02. The van der Waals surface area contributed by atoms with Crippen molar-refractivity contribution < 1.29 is 0 Å². The van der Waals surface area contributed by atoms with Crippen LogP contribution in [0.3, 0.4) is 0 Å². The van der Waals surface area contributed by atoms with Crippen LogP contribution in [0.1, 0.15) is 20.8 Å². The van der Waals surface area contributed by atoms with Gasteiger partial charge >= 0.3 is 0 Å². The molecule has 0 aliphatic heterocycles. The maximum atomic E-state index is 2.31. The molecule has 0 unspecified atom stereocenters. The highest BCUT2D eigenvalue weighted by Gasteiger charge is 2.13. The summed E-state index contributed by atoms with van der Waals surface area (Å²) in [5.74, 6) is 0. The second-order valence-electron chi connectivity index (χ2n) is 3.07. The van der Waals surface area contributed by atoms with E-state index in [2.05, 4.69) is 34.1 Å². The number of rotatable bonds is 0. The smallest absolute Gasteiger partial charge is 0 e. The van der Waals surface area contributed by atoms with Crippen LogP contribution in [0.15, 0.2) is 0 Å². The van der Waals surface area contributed by atoms with Gasteiger partial charge in [0.25, 0.3) is 0 Å². The van der Waals surface area contributed by atoms with Crippen LogP contribution in [0, 0.1) is 0 Å². The van der Waals surface area contributed by atoms with Crippen molar-refractivity contribution in [2.45, 2.75) is 25.9 Å². The first kappa shape index (κ1) is 11.3. The molecule has 0 aliphatic carbocycles. The highest BCUT2D eigenvalue weighted by molar-refractivity contribution is 7.57. The zero-order chi connectivity index (χ0) is 6.08. The summed E-state index contributed by atoms with van der Waals surface area (Å²) >= 11 is 0. The fourth-order valence-electron chi connectivity index (χ4n) is 0. The summed E-state index contributed by atoms with van der Waals surface area (Å²) in [6, 6.07) is 0. The summed E-state index contributed by atoms with van der Waals surface area (Å²) in [7, 11) is 0.258. The summed E-state index contributed by atoms with van der Waals surface area (Å²) in [5, 5.41) is 0.565. The van der Waals surface area contributed by atoms with Gasteiger partial charge in [-0.15, -0.1) is 7.92 Å². The molecular formula is C6H15BP. The van der Waals surface area contributed by atoms with Crippen LogP contribution < -0.4 is 0 Å². The van der Waals surface area contributed by atoms with Crippen molar-refractivity contribution in [3.63, 3.8) is 0 Å². The molecule has 0 saturated heterocycles. The molecule has 0 N–H and O–H groups in total. The molecule has 0 aromatic heterocycles. The van der Waals surface area contributed by atoms with Crippen molar-refractivity contribution in [1.82, 2.24) is 0 Å². The molecule has 0 nitrogen and oxygen atoms in total. The minimum Gasteiger partial charge on any atom is -0.108 e. The zero-order valence-corrected chi connectivity index (χ0v) is 7.42. The highest BCUT2D eigenvalue weighted by atomic mass is 31.1. The molecule has 0 heterocycles. The van der Waals surface area contributed by atoms with Crippen LogP contribution in [-0.2, 0) is 0 Å². The third-order valence-electron chi connectivity index (χ3n) is 1.34. The Hall–Kier alpha value is 0.495. The lowest BCUT2D eigenvalue weighted by molar-refractivity contribution is 0.788. The van der Waals surface area contributed by atoms with Gasteiger partial charge in [0.05, 0.1) is 0 Å². The number of hydrogen-bond donors (Lipinski definition) is 0. The minimum absolute atomic E-state index is 0. The Bertz CT molecular complexity index is 54.0. The van der Waals surface area contributed by atoms with Gasteiger partial charge in [-0.05, 0) is 18.5 Å². The van der Waals surface area contributed by atoms with E-state index >= 15 is 0 Å². The van der Waals surface area contributed by atoms with Crippen molar-refractivity contribution in [2.75, 3.05) is 13.3 Å². The van der Waals surface area contributed by atoms with Crippen LogP contribution in [0.4, 0.5) is 0 Å². The summed E-state index contributed by atoms with van der Waals surface area (Å²) in [6.07, 6.45) is 0. The predicted octanol–water partition coefficient (Wildman–Crippen LogP) is 2.15. The molecule has 0 amide bonds. The lowest BCUT2D eigenvalue weighted by Gasteiger charge is -2.23. The molecule has 0 atom stereocenters. The molecule has 0 saturated carbocycles. The average molecular weight is 129 g/mol. The molecule has 0 fully saturated rings. The van der Waals surface area contributed by atoms with E-state index in [0.717, 1.165) is 0 Å². The fourth-order valence-corrected chi connectivity index (χ4v) is 0. The van der Waals surface area contributed by atoms with Crippen LogP contribution in [0.25, 0.3) is 0 Å². The van der Waals surface area contributed by atoms with Gasteiger partial charge in [0.1, 0.15) is 0 Å². The van der Waals surface area contributed by atoms with E-state index in [1.54, 1.807) is 0 Å². The van der Waals surface area contributed by atoms with E-state index in [-0.39, 0.29) is 16.3 Å². The van der Waals surface area contributed by atoms with E-state index in [0.29, 0.717) is 5.16 Å². The molecule has 0 rings (SSSR count). The van der Waals surface area contributed by atoms with Crippen LogP contribution in [0.5, 0.6) is 0 Å². The number of hydrogen-bond acceptors (Lipinski definition) is 0. The zero-order valence-electron chi connectivity index (χ0n) is 6.52. The van der Waals surface area contributed by atoms with E-state index in [1.165, 1.54) is 0 Å². The Morgan fingerprint density at radius 1 is 1.00 bits per heavy atom. The van der Waals surface area contributed by atoms with Crippen LogP contribution in [0.2, 0.25) is 0 Å². The minimum atomic E-state index is 0. The lowest BCUT2D eigenvalue weighted by atomic mass is 10.3. The third kappa shape index (κ3) is 4.65. The van der Waals surface area contributed by atoms with Gasteiger partial charge in [-0.3, -0.25) is 0 Å². The standard InChI is InChI=1S/C6H15P.B/c1-6(2,3)7(4)5;/h1-5H3;. The summed E-state index contributed by atoms with van der Waals surface area (Å²) in [4.78, 5) is 0. The molecule has 3 radical (unpaired) electrons. The molecule has 0 spiro atoms. The summed E-state index contributed by atoms with van der Waals surface area (Å²) in [5.41, 5.74) is 0. The van der Waals surface area contributed by atoms with Crippen molar-refractivity contribution in [3.8, 4) is 0 Å². The predicted molar refractivity (Wildman–Crippen MR) is 44.3 cm³/mol. The average Bonchev–Trinajstić information content (AvgIpc) is 1.31. The molecule has 0 bridgehead atoms. The monoisotopic (exact) mass is 129 g/mol. The maximum absolute atomic E-state index is 2.31. The Balaban J connectivity index is 0. The summed E-state index contributed by atoms with van der Waals surface area (Å²) in [6.45, 7) is 11.5. The first-order valence-electron chi connectivity index (χ1n) is 2.62. The second-order valence-corrected chi connectivity index (χ2v) is 6.20. The second kappa shape index (κ2) is 3.51. The molecule has 2 heteroatoms. The Morgan fingerprint density at radius 2 is 1.12 bits per heavy atom. The molecule has 0 aromatic carbocycles. The summed E-state index contributed by atoms with van der Waals surface area (Å²) < 4.78 is 0. The van der Waals surface area contributed by atoms with Gasteiger partial charge in [0.15, 0.2) is 0 Å². The van der Waals surface area contributed by atoms with E-state index in [4.69, 9.17) is 0 Å². The van der Waals surface area contributed by atoms with Gasteiger partial charge in [0.2, 0.25) is 0 Å². The van der Waals surface area contributed by atoms with Crippen molar-refractivity contribution in [2.24, 2.45) is 0 Å². The maximum Gasteiger partial charge on any atom is 0 e. The molecule has 0 aromatic rings. The van der Waals surface area contributed by atoms with E-state index in [1.807, 2.05) is 0 Å². The SMILES string of the molecule is CP(C)C(C)(C)C.[B]. The molecular weight excluding hydrogens is 114 g/mol. The quantitative estimate of drug-likeness (QED) is 0.347. The van der Waals surface area contributed by atoms with Gasteiger partial charge in [0, 0.05) is 8.41 Å². The van der Waals surface area contributed by atoms with Gasteiger partial charge in [-0.2, -0.15) is 0 Å².